The molecule has 5 heteroatoms. The van der Waals surface area contributed by atoms with Gasteiger partial charge in [-0.1, -0.05) is 6.07 Å². The molecule has 0 bridgehead atoms. The number of pyridine rings is 1. The largest absolute Gasteiger partial charge is 0.379 e. The maximum absolute atomic E-state index is 5.34. The SMILES string of the molecule is CCNc1cccc(NCCCN2CCOCC2)n1. The fraction of sp³-hybridized carbons (Fsp3) is 0.643. The number of ether oxygens (including phenoxy) is 1. The van der Waals surface area contributed by atoms with Crippen LogP contribution in [0, 0.1) is 0 Å². The van der Waals surface area contributed by atoms with Crippen LogP contribution in [0.4, 0.5) is 11.6 Å². The lowest BCUT2D eigenvalue weighted by Crippen LogP contribution is -2.37. The minimum atomic E-state index is 0.875. The van der Waals surface area contributed by atoms with Crippen LogP contribution in [0.1, 0.15) is 13.3 Å². The van der Waals surface area contributed by atoms with Gasteiger partial charge in [0, 0.05) is 26.2 Å². The van der Waals surface area contributed by atoms with Gasteiger partial charge in [-0.25, -0.2) is 4.98 Å². The molecule has 1 aliphatic rings. The van der Waals surface area contributed by atoms with Gasteiger partial charge in [0.2, 0.25) is 0 Å². The predicted molar refractivity (Wildman–Crippen MR) is 78.8 cm³/mol. The molecule has 0 saturated carbocycles. The summed E-state index contributed by atoms with van der Waals surface area (Å²) >= 11 is 0. The molecule has 5 nitrogen and oxygen atoms in total. The van der Waals surface area contributed by atoms with Crippen molar-refractivity contribution < 1.29 is 4.74 Å². The Morgan fingerprint density at radius 1 is 1.21 bits per heavy atom. The van der Waals surface area contributed by atoms with Crippen molar-refractivity contribution in [3.8, 4) is 0 Å². The van der Waals surface area contributed by atoms with Crippen molar-refractivity contribution in [1.82, 2.24) is 9.88 Å². The van der Waals surface area contributed by atoms with Gasteiger partial charge < -0.3 is 15.4 Å². The highest BCUT2D eigenvalue weighted by molar-refractivity contribution is 5.44. The molecule has 1 fully saturated rings. The summed E-state index contributed by atoms with van der Waals surface area (Å²) in [5.41, 5.74) is 0. The Morgan fingerprint density at radius 3 is 2.68 bits per heavy atom. The highest BCUT2D eigenvalue weighted by Crippen LogP contribution is 2.08. The highest BCUT2D eigenvalue weighted by Gasteiger charge is 2.08. The summed E-state index contributed by atoms with van der Waals surface area (Å²) in [4.78, 5) is 6.94. The van der Waals surface area contributed by atoms with Crippen molar-refractivity contribution >= 4 is 11.6 Å². The quantitative estimate of drug-likeness (QED) is 0.733. The van der Waals surface area contributed by atoms with E-state index in [2.05, 4.69) is 27.4 Å². The molecule has 2 heterocycles. The number of hydrogen-bond donors (Lipinski definition) is 2. The zero-order valence-corrected chi connectivity index (χ0v) is 11.7. The molecule has 19 heavy (non-hydrogen) atoms. The first-order valence-corrected chi connectivity index (χ1v) is 7.13. The molecule has 1 aromatic heterocycles. The van der Waals surface area contributed by atoms with E-state index in [1.807, 2.05) is 18.2 Å². The third kappa shape index (κ3) is 5.04. The first kappa shape index (κ1) is 14.1. The fourth-order valence-corrected chi connectivity index (χ4v) is 2.16. The van der Waals surface area contributed by atoms with E-state index in [0.717, 1.165) is 64.0 Å². The van der Waals surface area contributed by atoms with Crippen LogP contribution < -0.4 is 10.6 Å². The second kappa shape index (κ2) is 7.96. The number of aromatic nitrogens is 1. The van der Waals surface area contributed by atoms with E-state index in [9.17, 15) is 0 Å². The third-order valence-electron chi connectivity index (χ3n) is 3.17. The molecule has 1 aliphatic heterocycles. The average molecular weight is 264 g/mol. The summed E-state index contributed by atoms with van der Waals surface area (Å²) in [6.45, 7) is 8.93. The molecule has 0 aliphatic carbocycles. The van der Waals surface area contributed by atoms with Crippen molar-refractivity contribution in [3.05, 3.63) is 18.2 Å². The number of rotatable bonds is 7. The molecule has 106 valence electrons. The van der Waals surface area contributed by atoms with Crippen molar-refractivity contribution in [3.63, 3.8) is 0 Å². The Hall–Kier alpha value is -1.33. The molecular weight excluding hydrogens is 240 g/mol. The second-order valence-corrected chi connectivity index (χ2v) is 4.67. The maximum atomic E-state index is 5.34. The van der Waals surface area contributed by atoms with Gasteiger partial charge >= 0.3 is 0 Å². The van der Waals surface area contributed by atoms with Crippen LogP contribution in [0.25, 0.3) is 0 Å². The minimum Gasteiger partial charge on any atom is -0.379 e. The normalized spacial score (nSPS) is 16.3. The van der Waals surface area contributed by atoms with Crippen LogP contribution in [0.5, 0.6) is 0 Å². The average Bonchev–Trinajstić information content (AvgIpc) is 2.46. The summed E-state index contributed by atoms with van der Waals surface area (Å²) in [5, 5.41) is 6.59. The number of nitrogens with zero attached hydrogens (tertiary/aromatic N) is 2. The van der Waals surface area contributed by atoms with Crippen molar-refractivity contribution in [2.24, 2.45) is 0 Å². The van der Waals surface area contributed by atoms with Gasteiger partial charge in [0.05, 0.1) is 13.2 Å². The molecule has 1 aromatic rings. The van der Waals surface area contributed by atoms with Crippen LogP contribution in [0.15, 0.2) is 18.2 Å². The van der Waals surface area contributed by atoms with Crippen molar-refractivity contribution in [2.45, 2.75) is 13.3 Å². The monoisotopic (exact) mass is 264 g/mol. The summed E-state index contributed by atoms with van der Waals surface area (Å²) < 4.78 is 5.34. The smallest absolute Gasteiger partial charge is 0.128 e. The molecule has 0 amide bonds. The lowest BCUT2D eigenvalue weighted by Gasteiger charge is -2.26. The highest BCUT2D eigenvalue weighted by atomic mass is 16.5. The molecular formula is C14H24N4O. The van der Waals surface area contributed by atoms with Gasteiger partial charge in [-0.2, -0.15) is 0 Å². The lowest BCUT2D eigenvalue weighted by atomic mass is 10.3. The van der Waals surface area contributed by atoms with E-state index in [-0.39, 0.29) is 0 Å². The van der Waals surface area contributed by atoms with E-state index in [0.29, 0.717) is 0 Å². The van der Waals surface area contributed by atoms with Crippen LogP contribution >= 0.6 is 0 Å². The van der Waals surface area contributed by atoms with Crippen LogP contribution in [-0.2, 0) is 4.74 Å². The molecule has 0 unspecified atom stereocenters. The Morgan fingerprint density at radius 2 is 1.95 bits per heavy atom. The van der Waals surface area contributed by atoms with Crippen LogP contribution in [0.3, 0.4) is 0 Å². The Bertz CT molecular complexity index is 366. The van der Waals surface area contributed by atoms with Gasteiger partial charge in [0.25, 0.3) is 0 Å². The number of anilines is 2. The predicted octanol–water partition coefficient (Wildman–Crippen LogP) is 1.65. The lowest BCUT2D eigenvalue weighted by molar-refractivity contribution is 0.0378. The number of nitrogens with one attached hydrogen (secondary N) is 2. The van der Waals surface area contributed by atoms with Gasteiger partial charge in [0.1, 0.15) is 11.6 Å². The molecule has 0 radical (unpaired) electrons. The van der Waals surface area contributed by atoms with E-state index in [1.165, 1.54) is 0 Å². The van der Waals surface area contributed by atoms with Crippen LogP contribution in [-0.4, -0.2) is 55.8 Å². The van der Waals surface area contributed by atoms with E-state index in [1.54, 1.807) is 0 Å². The molecule has 1 saturated heterocycles. The molecule has 2 N–H and O–H groups in total. The summed E-state index contributed by atoms with van der Waals surface area (Å²) in [6.07, 6.45) is 1.13. The summed E-state index contributed by atoms with van der Waals surface area (Å²) in [5.74, 6) is 1.88. The molecule has 0 atom stereocenters. The second-order valence-electron chi connectivity index (χ2n) is 4.67. The zero-order chi connectivity index (χ0) is 13.3. The van der Waals surface area contributed by atoms with E-state index >= 15 is 0 Å². The third-order valence-corrected chi connectivity index (χ3v) is 3.17. The number of hydrogen-bond acceptors (Lipinski definition) is 5. The molecule has 0 spiro atoms. The fourth-order valence-electron chi connectivity index (χ4n) is 2.16. The Kier molecular flexibility index (Phi) is 5.91. The topological polar surface area (TPSA) is 49.4 Å². The molecule has 0 aromatic carbocycles. The maximum Gasteiger partial charge on any atom is 0.128 e. The summed E-state index contributed by atoms with van der Waals surface area (Å²) in [6, 6.07) is 6.02. The first-order chi connectivity index (χ1) is 9.38. The van der Waals surface area contributed by atoms with Gasteiger partial charge in [0.15, 0.2) is 0 Å². The Balaban J connectivity index is 1.65. The van der Waals surface area contributed by atoms with Crippen molar-refractivity contribution in [2.75, 3.05) is 56.6 Å². The summed E-state index contributed by atoms with van der Waals surface area (Å²) in [7, 11) is 0. The van der Waals surface area contributed by atoms with Gasteiger partial charge in [-0.3, -0.25) is 4.90 Å². The van der Waals surface area contributed by atoms with Gasteiger partial charge in [-0.15, -0.1) is 0 Å². The zero-order valence-electron chi connectivity index (χ0n) is 11.7. The van der Waals surface area contributed by atoms with Crippen molar-refractivity contribution in [1.29, 1.82) is 0 Å². The standard InChI is InChI=1S/C14H24N4O/c1-2-15-13-5-3-6-14(17-13)16-7-4-8-18-9-11-19-12-10-18/h3,5-6H,2,4,7-12H2,1H3,(H2,15,16,17). The van der Waals surface area contributed by atoms with E-state index in [4.69, 9.17) is 4.74 Å². The number of morpholine rings is 1. The van der Waals surface area contributed by atoms with E-state index < -0.39 is 0 Å². The minimum absolute atomic E-state index is 0.875. The first-order valence-electron chi connectivity index (χ1n) is 7.13. The molecule has 2 rings (SSSR count). The van der Waals surface area contributed by atoms with Crippen LogP contribution in [0.2, 0.25) is 0 Å². The van der Waals surface area contributed by atoms with Gasteiger partial charge in [-0.05, 0) is 32.0 Å². The Labute approximate surface area is 115 Å².